The van der Waals surface area contributed by atoms with E-state index in [9.17, 15) is 9.90 Å². The third-order valence-corrected chi connectivity index (χ3v) is 4.38. The number of hydrogen-bond acceptors (Lipinski definition) is 3. The number of carbonyl (C=O) groups excluding carboxylic acids is 1. The molecule has 23 heavy (non-hydrogen) atoms. The molecule has 1 aromatic carbocycles. The SMILES string of the molecule is CCC/C(O)=C1\C(=O)CC(C)(C)CC1=Nc1ccc(C)c(C)c1. The molecule has 0 aliphatic heterocycles. The molecule has 1 saturated carbocycles. The van der Waals surface area contributed by atoms with Crippen LogP contribution in [0.25, 0.3) is 0 Å². The summed E-state index contributed by atoms with van der Waals surface area (Å²) in [6.45, 7) is 10.3. The van der Waals surface area contributed by atoms with Crippen molar-refractivity contribution in [1.82, 2.24) is 0 Å². The molecule has 3 nitrogen and oxygen atoms in total. The molecule has 0 atom stereocenters. The number of aliphatic imine (C=N–C) groups is 1. The van der Waals surface area contributed by atoms with Crippen LogP contribution in [0.2, 0.25) is 0 Å². The van der Waals surface area contributed by atoms with Crippen LogP contribution in [0.1, 0.15) is 57.6 Å². The fraction of sp³-hybridized carbons (Fsp3) is 0.500. The topological polar surface area (TPSA) is 49.7 Å². The Morgan fingerprint density at radius 3 is 2.52 bits per heavy atom. The highest BCUT2D eigenvalue weighted by molar-refractivity contribution is 6.25. The van der Waals surface area contributed by atoms with E-state index in [-0.39, 0.29) is 17.0 Å². The number of benzene rings is 1. The van der Waals surface area contributed by atoms with Crippen molar-refractivity contribution in [2.24, 2.45) is 10.4 Å². The van der Waals surface area contributed by atoms with Crippen molar-refractivity contribution in [2.45, 2.75) is 60.3 Å². The maximum Gasteiger partial charge on any atom is 0.168 e. The van der Waals surface area contributed by atoms with E-state index in [1.54, 1.807) is 0 Å². The fourth-order valence-electron chi connectivity index (χ4n) is 3.02. The zero-order valence-electron chi connectivity index (χ0n) is 14.9. The number of allylic oxidation sites excluding steroid dienone is 2. The molecule has 0 unspecified atom stereocenters. The normalized spacial score (nSPS) is 21.6. The van der Waals surface area contributed by atoms with Gasteiger partial charge in [-0.3, -0.25) is 9.79 Å². The Balaban J connectivity index is 2.52. The zero-order valence-corrected chi connectivity index (χ0v) is 14.9. The van der Waals surface area contributed by atoms with Crippen LogP contribution in [0.5, 0.6) is 0 Å². The first-order valence-corrected chi connectivity index (χ1v) is 8.34. The number of aliphatic hydroxyl groups is 1. The molecule has 0 spiro atoms. The third-order valence-electron chi connectivity index (χ3n) is 4.38. The van der Waals surface area contributed by atoms with E-state index >= 15 is 0 Å². The molecule has 1 N–H and O–H groups in total. The minimum absolute atomic E-state index is 0.00906. The van der Waals surface area contributed by atoms with Crippen molar-refractivity contribution in [3.8, 4) is 0 Å². The molecule has 0 amide bonds. The van der Waals surface area contributed by atoms with Crippen LogP contribution in [0.3, 0.4) is 0 Å². The molecule has 124 valence electrons. The number of aryl methyl sites for hydroxylation is 2. The van der Waals surface area contributed by atoms with Gasteiger partial charge in [0.1, 0.15) is 5.76 Å². The molecule has 1 fully saturated rings. The Kier molecular flexibility index (Phi) is 5.08. The monoisotopic (exact) mass is 313 g/mol. The van der Waals surface area contributed by atoms with E-state index in [0.717, 1.165) is 17.8 Å². The highest BCUT2D eigenvalue weighted by Crippen LogP contribution is 2.37. The van der Waals surface area contributed by atoms with Gasteiger partial charge >= 0.3 is 0 Å². The molecule has 0 aromatic heterocycles. The predicted molar refractivity (Wildman–Crippen MR) is 95.6 cm³/mol. The van der Waals surface area contributed by atoms with Gasteiger partial charge in [0.2, 0.25) is 0 Å². The highest BCUT2D eigenvalue weighted by Gasteiger charge is 2.36. The van der Waals surface area contributed by atoms with Gasteiger partial charge in [-0.05, 0) is 55.4 Å². The van der Waals surface area contributed by atoms with Crippen LogP contribution >= 0.6 is 0 Å². The lowest BCUT2D eigenvalue weighted by molar-refractivity contribution is -0.117. The summed E-state index contributed by atoms with van der Waals surface area (Å²) in [5.41, 5.74) is 4.29. The second-order valence-electron chi connectivity index (χ2n) is 7.34. The standard InChI is InChI=1S/C20H27NO2/c1-6-7-17(22)19-16(11-20(4,5)12-18(19)23)21-15-9-8-13(2)14(3)10-15/h8-10,22H,6-7,11-12H2,1-5H3/b19-17+,21-16?. The Hall–Kier alpha value is -1.90. The summed E-state index contributed by atoms with van der Waals surface area (Å²) >= 11 is 0. The molecular weight excluding hydrogens is 286 g/mol. The maximum atomic E-state index is 12.5. The molecule has 0 saturated heterocycles. The van der Waals surface area contributed by atoms with E-state index in [4.69, 9.17) is 4.99 Å². The first kappa shape index (κ1) is 17.5. The summed E-state index contributed by atoms with van der Waals surface area (Å²) in [6.07, 6.45) is 2.49. The van der Waals surface area contributed by atoms with Crippen LogP contribution in [-0.2, 0) is 4.79 Å². The summed E-state index contributed by atoms with van der Waals surface area (Å²) in [5.74, 6) is 0.199. The second-order valence-corrected chi connectivity index (χ2v) is 7.34. The average molecular weight is 313 g/mol. The van der Waals surface area contributed by atoms with Gasteiger partial charge in [0.15, 0.2) is 5.78 Å². The molecule has 1 aliphatic rings. The van der Waals surface area contributed by atoms with Gasteiger partial charge in [-0.2, -0.15) is 0 Å². The summed E-state index contributed by atoms with van der Waals surface area (Å²) < 4.78 is 0. The number of rotatable bonds is 3. The van der Waals surface area contributed by atoms with Gasteiger partial charge in [-0.15, -0.1) is 0 Å². The number of carbonyl (C=O) groups is 1. The third kappa shape index (κ3) is 4.10. The summed E-state index contributed by atoms with van der Waals surface area (Å²) in [4.78, 5) is 17.3. The molecule has 0 bridgehead atoms. The summed E-state index contributed by atoms with van der Waals surface area (Å²) in [7, 11) is 0. The fourth-order valence-corrected chi connectivity index (χ4v) is 3.02. The Morgan fingerprint density at radius 1 is 1.22 bits per heavy atom. The van der Waals surface area contributed by atoms with Crippen molar-refractivity contribution in [3.05, 3.63) is 40.7 Å². The van der Waals surface area contributed by atoms with Crippen molar-refractivity contribution in [1.29, 1.82) is 0 Å². The largest absolute Gasteiger partial charge is 0.511 e. The molecule has 1 aromatic rings. The Bertz CT molecular complexity index is 681. The smallest absolute Gasteiger partial charge is 0.168 e. The van der Waals surface area contributed by atoms with Crippen molar-refractivity contribution in [3.63, 3.8) is 0 Å². The Morgan fingerprint density at radius 2 is 1.91 bits per heavy atom. The lowest BCUT2D eigenvalue weighted by atomic mass is 9.73. The molecular formula is C20H27NO2. The van der Waals surface area contributed by atoms with E-state index in [1.807, 2.05) is 25.1 Å². The molecule has 0 radical (unpaired) electrons. The van der Waals surface area contributed by atoms with Crippen molar-refractivity contribution < 1.29 is 9.90 Å². The quantitative estimate of drug-likeness (QED) is 0.602. The second kappa shape index (κ2) is 6.69. The average Bonchev–Trinajstić information content (AvgIpc) is 2.41. The van der Waals surface area contributed by atoms with Crippen LogP contribution in [0.15, 0.2) is 34.5 Å². The van der Waals surface area contributed by atoms with Gasteiger partial charge in [0, 0.05) is 12.8 Å². The first-order chi connectivity index (χ1) is 10.7. The minimum atomic E-state index is -0.119. The number of Topliss-reactive ketones (excluding diaryl/α,β-unsaturated/α-hetero) is 1. The zero-order chi connectivity index (χ0) is 17.2. The number of aliphatic hydroxyl groups excluding tert-OH is 1. The number of ketones is 1. The van der Waals surface area contributed by atoms with E-state index in [1.165, 1.54) is 11.1 Å². The Labute approximate surface area is 139 Å². The van der Waals surface area contributed by atoms with E-state index in [0.29, 0.717) is 24.8 Å². The lowest BCUT2D eigenvalue weighted by Crippen LogP contribution is -2.32. The minimum Gasteiger partial charge on any atom is -0.511 e. The predicted octanol–water partition coefficient (Wildman–Crippen LogP) is 5.38. The highest BCUT2D eigenvalue weighted by atomic mass is 16.3. The van der Waals surface area contributed by atoms with Gasteiger partial charge in [-0.1, -0.05) is 26.8 Å². The van der Waals surface area contributed by atoms with Gasteiger partial charge < -0.3 is 5.11 Å². The van der Waals surface area contributed by atoms with Gasteiger partial charge in [0.05, 0.1) is 17.0 Å². The van der Waals surface area contributed by atoms with Gasteiger partial charge in [0.25, 0.3) is 0 Å². The van der Waals surface area contributed by atoms with Gasteiger partial charge in [-0.25, -0.2) is 0 Å². The first-order valence-electron chi connectivity index (χ1n) is 8.34. The van der Waals surface area contributed by atoms with Crippen LogP contribution in [0, 0.1) is 19.3 Å². The molecule has 1 aliphatic carbocycles. The number of nitrogens with zero attached hydrogens (tertiary/aromatic N) is 1. The van der Waals surface area contributed by atoms with E-state index < -0.39 is 0 Å². The summed E-state index contributed by atoms with van der Waals surface area (Å²) in [6, 6.07) is 6.04. The van der Waals surface area contributed by atoms with Crippen molar-refractivity contribution >= 4 is 17.2 Å². The maximum absolute atomic E-state index is 12.5. The van der Waals surface area contributed by atoms with Crippen molar-refractivity contribution in [2.75, 3.05) is 0 Å². The van der Waals surface area contributed by atoms with Crippen LogP contribution in [-0.4, -0.2) is 16.6 Å². The molecule has 2 rings (SSSR count). The lowest BCUT2D eigenvalue weighted by Gasteiger charge is -2.31. The van der Waals surface area contributed by atoms with Crippen LogP contribution < -0.4 is 0 Å². The summed E-state index contributed by atoms with van der Waals surface area (Å²) in [5, 5.41) is 10.3. The number of hydrogen-bond donors (Lipinski definition) is 1. The molecule has 0 heterocycles. The van der Waals surface area contributed by atoms with E-state index in [2.05, 4.69) is 27.7 Å². The van der Waals surface area contributed by atoms with Crippen LogP contribution in [0.4, 0.5) is 5.69 Å². The molecule has 3 heteroatoms.